The number of aryl methyl sites for hydroxylation is 1. The largest absolute Gasteiger partial charge is 0.383 e. The first-order valence-corrected chi connectivity index (χ1v) is 13.3. The Morgan fingerprint density at radius 1 is 0.974 bits per heavy atom. The number of benzene rings is 3. The van der Waals surface area contributed by atoms with Crippen LogP contribution in [0, 0.1) is 11.3 Å². The number of thiophene rings is 1. The van der Waals surface area contributed by atoms with E-state index in [-0.39, 0.29) is 11.7 Å². The van der Waals surface area contributed by atoms with E-state index in [1.165, 1.54) is 16.9 Å². The van der Waals surface area contributed by atoms with Crippen LogP contribution in [0.5, 0.6) is 0 Å². The molecule has 188 valence electrons. The lowest BCUT2D eigenvalue weighted by Crippen LogP contribution is -2.26. The van der Waals surface area contributed by atoms with Crippen LogP contribution in [0.1, 0.15) is 34.0 Å². The SMILES string of the molecule is CCc1ccc(Nc2sc3c(-c4ccccc4)c(C#N)c(N)nc3c2C(=O)NCCc2ccccc2)cc1. The Labute approximate surface area is 225 Å². The second kappa shape index (κ2) is 11.2. The first kappa shape index (κ1) is 25.0. The van der Waals surface area contributed by atoms with Crippen LogP contribution in [0.4, 0.5) is 16.5 Å². The molecular formula is C31H27N5OS. The van der Waals surface area contributed by atoms with Gasteiger partial charge in [-0.1, -0.05) is 79.7 Å². The third kappa shape index (κ3) is 5.08. The number of hydrogen-bond acceptors (Lipinski definition) is 6. The highest BCUT2D eigenvalue weighted by Crippen LogP contribution is 2.44. The van der Waals surface area contributed by atoms with Gasteiger partial charge in [-0.3, -0.25) is 4.79 Å². The molecular weight excluding hydrogens is 490 g/mol. The van der Waals surface area contributed by atoms with Gasteiger partial charge in [-0.05, 0) is 41.7 Å². The first-order valence-electron chi connectivity index (χ1n) is 12.5. The number of nitrogens with two attached hydrogens (primary N) is 1. The van der Waals surface area contributed by atoms with Gasteiger partial charge < -0.3 is 16.4 Å². The van der Waals surface area contributed by atoms with Crippen molar-refractivity contribution >= 4 is 44.0 Å². The van der Waals surface area contributed by atoms with Crippen LogP contribution < -0.4 is 16.4 Å². The number of hydrogen-bond donors (Lipinski definition) is 3. The number of amides is 1. The van der Waals surface area contributed by atoms with Crippen LogP contribution in [-0.2, 0) is 12.8 Å². The molecule has 0 fully saturated rings. The van der Waals surface area contributed by atoms with E-state index in [1.54, 1.807) is 0 Å². The minimum Gasteiger partial charge on any atom is -0.383 e. The number of carbonyl (C=O) groups excluding carboxylic acids is 1. The summed E-state index contributed by atoms with van der Waals surface area (Å²) in [7, 11) is 0. The summed E-state index contributed by atoms with van der Waals surface area (Å²) in [4.78, 5) is 18.2. The highest BCUT2D eigenvalue weighted by Gasteiger charge is 2.26. The molecule has 0 bridgehead atoms. The smallest absolute Gasteiger partial charge is 0.256 e. The van der Waals surface area contributed by atoms with Gasteiger partial charge >= 0.3 is 0 Å². The second-order valence-corrected chi connectivity index (χ2v) is 9.90. The van der Waals surface area contributed by atoms with E-state index in [4.69, 9.17) is 5.73 Å². The molecule has 0 aliphatic rings. The molecule has 7 heteroatoms. The molecule has 5 aromatic rings. The van der Waals surface area contributed by atoms with Crippen molar-refractivity contribution in [3.8, 4) is 17.2 Å². The summed E-state index contributed by atoms with van der Waals surface area (Å²) in [6.45, 7) is 2.59. The third-order valence-electron chi connectivity index (χ3n) is 6.41. The van der Waals surface area contributed by atoms with Gasteiger partial charge in [0.1, 0.15) is 28.0 Å². The van der Waals surface area contributed by atoms with E-state index in [0.717, 1.165) is 27.9 Å². The predicted octanol–water partition coefficient (Wildman–Crippen LogP) is 6.70. The molecule has 3 aromatic carbocycles. The number of fused-ring (bicyclic) bond motifs is 1. The van der Waals surface area contributed by atoms with Crippen LogP contribution in [-0.4, -0.2) is 17.4 Å². The molecule has 0 saturated carbocycles. The zero-order valence-electron chi connectivity index (χ0n) is 21.0. The van der Waals surface area contributed by atoms with E-state index in [2.05, 4.69) is 40.7 Å². The number of aromatic nitrogens is 1. The fraction of sp³-hybridized carbons (Fsp3) is 0.129. The molecule has 2 aromatic heterocycles. The summed E-state index contributed by atoms with van der Waals surface area (Å²) in [6.07, 6.45) is 1.65. The second-order valence-electron chi connectivity index (χ2n) is 8.88. The molecule has 5 rings (SSSR count). The third-order valence-corrected chi connectivity index (χ3v) is 7.52. The minimum atomic E-state index is -0.240. The minimum absolute atomic E-state index is 0.105. The zero-order chi connectivity index (χ0) is 26.5. The number of nitrogens with zero attached hydrogens (tertiary/aromatic N) is 2. The maximum atomic E-state index is 13.6. The van der Waals surface area contributed by atoms with E-state index in [1.807, 2.05) is 72.8 Å². The van der Waals surface area contributed by atoms with Crippen molar-refractivity contribution in [3.05, 3.63) is 107 Å². The predicted molar refractivity (Wildman–Crippen MR) is 156 cm³/mol. The standard InChI is InChI=1S/C31H27N5OS/c1-2-20-13-15-23(16-14-20)35-31-26(30(37)34-18-17-21-9-5-3-6-10-21)27-28(38-31)25(22-11-7-4-8-12-22)24(19-32)29(33)36-27/h3-16,35H,2,17-18H2,1H3,(H2,33,36)(H,34,37). The van der Waals surface area contributed by atoms with E-state index >= 15 is 0 Å². The summed E-state index contributed by atoms with van der Waals surface area (Å²) in [5, 5.41) is 17.1. The quantitative estimate of drug-likeness (QED) is 0.213. The van der Waals surface area contributed by atoms with Crippen LogP contribution >= 0.6 is 11.3 Å². The Balaban J connectivity index is 1.61. The molecule has 0 spiro atoms. The highest BCUT2D eigenvalue weighted by atomic mass is 32.1. The van der Waals surface area contributed by atoms with Crippen molar-refractivity contribution in [2.75, 3.05) is 17.6 Å². The Morgan fingerprint density at radius 2 is 1.66 bits per heavy atom. The average molecular weight is 518 g/mol. The molecule has 2 heterocycles. The molecule has 0 unspecified atom stereocenters. The summed E-state index contributed by atoms with van der Waals surface area (Å²) < 4.78 is 0.739. The number of pyridine rings is 1. The number of nitrogen functional groups attached to an aromatic ring is 1. The fourth-order valence-electron chi connectivity index (χ4n) is 4.42. The monoisotopic (exact) mass is 517 g/mol. The summed E-state index contributed by atoms with van der Waals surface area (Å²) >= 11 is 1.41. The number of nitriles is 1. The number of anilines is 3. The lowest BCUT2D eigenvalue weighted by Gasteiger charge is -2.10. The maximum Gasteiger partial charge on any atom is 0.256 e. The molecule has 6 nitrogen and oxygen atoms in total. The van der Waals surface area contributed by atoms with Crippen molar-refractivity contribution in [1.82, 2.24) is 10.3 Å². The molecule has 4 N–H and O–H groups in total. The van der Waals surface area contributed by atoms with Gasteiger partial charge in [0.2, 0.25) is 0 Å². The lowest BCUT2D eigenvalue weighted by molar-refractivity contribution is 0.0957. The van der Waals surface area contributed by atoms with Crippen molar-refractivity contribution in [2.45, 2.75) is 19.8 Å². The summed E-state index contributed by atoms with van der Waals surface area (Å²) in [5.74, 6) is -0.135. The van der Waals surface area contributed by atoms with Crippen LogP contribution in [0.25, 0.3) is 21.3 Å². The van der Waals surface area contributed by atoms with Gasteiger partial charge in [-0.15, -0.1) is 11.3 Å². The van der Waals surface area contributed by atoms with Crippen molar-refractivity contribution in [2.24, 2.45) is 0 Å². The van der Waals surface area contributed by atoms with Gasteiger partial charge in [0.25, 0.3) is 5.91 Å². The molecule has 0 aliphatic heterocycles. The Kier molecular flexibility index (Phi) is 7.34. The number of carbonyl (C=O) groups is 1. The molecule has 0 aliphatic carbocycles. The van der Waals surface area contributed by atoms with Gasteiger partial charge in [0, 0.05) is 17.8 Å². The zero-order valence-corrected chi connectivity index (χ0v) is 21.8. The van der Waals surface area contributed by atoms with Gasteiger partial charge in [0.05, 0.1) is 10.2 Å². The normalized spacial score (nSPS) is 10.7. The van der Waals surface area contributed by atoms with E-state index in [9.17, 15) is 10.1 Å². The van der Waals surface area contributed by atoms with E-state index in [0.29, 0.717) is 40.2 Å². The highest BCUT2D eigenvalue weighted by molar-refractivity contribution is 7.24. The molecule has 0 radical (unpaired) electrons. The Bertz CT molecular complexity index is 1620. The van der Waals surface area contributed by atoms with Crippen LogP contribution in [0.3, 0.4) is 0 Å². The van der Waals surface area contributed by atoms with Crippen molar-refractivity contribution < 1.29 is 4.79 Å². The summed E-state index contributed by atoms with van der Waals surface area (Å²) in [5.41, 5.74) is 12.3. The number of rotatable bonds is 8. The van der Waals surface area contributed by atoms with E-state index < -0.39 is 0 Å². The van der Waals surface area contributed by atoms with Gasteiger partial charge in [-0.25, -0.2) is 4.98 Å². The molecule has 38 heavy (non-hydrogen) atoms. The topological polar surface area (TPSA) is 104 Å². The van der Waals surface area contributed by atoms with Crippen molar-refractivity contribution in [1.29, 1.82) is 5.26 Å². The van der Waals surface area contributed by atoms with Crippen LogP contribution in [0.2, 0.25) is 0 Å². The van der Waals surface area contributed by atoms with Crippen molar-refractivity contribution in [3.63, 3.8) is 0 Å². The summed E-state index contributed by atoms with van der Waals surface area (Å²) in [6, 6.07) is 30.0. The van der Waals surface area contributed by atoms with Crippen LogP contribution in [0.15, 0.2) is 84.9 Å². The lowest BCUT2D eigenvalue weighted by atomic mass is 10.00. The fourth-order valence-corrected chi connectivity index (χ4v) is 5.65. The average Bonchev–Trinajstić information content (AvgIpc) is 3.30. The Morgan fingerprint density at radius 3 is 2.32 bits per heavy atom. The Hall–Kier alpha value is -4.67. The first-order chi connectivity index (χ1) is 18.6. The molecule has 0 saturated heterocycles. The van der Waals surface area contributed by atoms with Gasteiger partial charge in [-0.2, -0.15) is 5.26 Å². The maximum absolute atomic E-state index is 13.6. The molecule has 0 atom stereocenters. The number of nitrogens with one attached hydrogen (secondary N) is 2. The van der Waals surface area contributed by atoms with Gasteiger partial charge in [0.15, 0.2) is 0 Å². The molecule has 1 amide bonds.